The lowest BCUT2D eigenvalue weighted by atomic mass is 9.93. The molecule has 3 aromatic rings. The molecule has 1 aliphatic heterocycles. The molecule has 0 saturated heterocycles. The van der Waals surface area contributed by atoms with Crippen molar-refractivity contribution in [1.82, 2.24) is 25.0 Å². The van der Waals surface area contributed by atoms with Crippen LogP contribution in [0.3, 0.4) is 0 Å². The Kier molecular flexibility index (Phi) is 2.69. The highest BCUT2D eigenvalue weighted by Gasteiger charge is 2.25. The molecule has 0 aliphatic carbocycles. The van der Waals surface area contributed by atoms with Crippen LogP contribution in [0, 0.1) is 5.92 Å². The summed E-state index contributed by atoms with van der Waals surface area (Å²) in [6, 6.07) is 9.93. The summed E-state index contributed by atoms with van der Waals surface area (Å²) in [7, 11) is 1.69. The minimum absolute atomic E-state index is 0.0486. The summed E-state index contributed by atoms with van der Waals surface area (Å²) in [6.45, 7) is 2.03. The van der Waals surface area contributed by atoms with Crippen molar-refractivity contribution in [2.24, 2.45) is 11.0 Å². The van der Waals surface area contributed by atoms with Crippen LogP contribution in [-0.2, 0) is 4.79 Å². The van der Waals surface area contributed by atoms with Crippen LogP contribution in [0.2, 0.25) is 0 Å². The molecule has 1 aromatic carbocycles. The third-order valence-electron chi connectivity index (χ3n) is 4.02. The lowest BCUT2D eigenvalue weighted by Crippen LogP contribution is -2.33. The molecule has 2 aromatic heterocycles. The zero-order valence-corrected chi connectivity index (χ0v) is 12.3. The summed E-state index contributed by atoms with van der Waals surface area (Å²) < 4.78 is 1.71. The molecule has 4 rings (SSSR count). The average Bonchev–Trinajstić information content (AvgIpc) is 2.99. The van der Waals surface area contributed by atoms with Crippen molar-refractivity contribution in [1.29, 1.82) is 0 Å². The molecule has 0 spiro atoms. The van der Waals surface area contributed by atoms with Crippen molar-refractivity contribution in [3.8, 4) is 0 Å². The van der Waals surface area contributed by atoms with Gasteiger partial charge >= 0.3 is 0 Å². The average molecular weight is 294 g/mol. The van der Waals surface area contributed by atoms with Gasteiger partial charge in [0.2, 0.25) is 5.91 Å². The number of hydrazone groups is 1. The van der Waals surface area contributed by atoms with Crippen LogP contribution in [0.1, 0.15) is 18.9 Å². The maximum atomic E-state index is 11.7. The summed E-state index contributed by atoms with van der Waals surface area (Å²) >= 11 is 0. The van der Waals surface area contributed by atoms with Gasteiger partial charge in [0.1, 0.15) is 0 Å². The third kappa shape index (κ3) is 1.86. The molecule has 110 valence electrons. The molecular formula is C15H14N6O. The summed E-state index contributed by atoms with van der Waals surface area (Å²) in [5.74, 6) is 0.158. The van der Waals surface area contributed by atoms with Crippen LogP contribution >= 0.6 is 0 Å². The standard InChI is InChI=1S/C15H14N6O/c1-9-7-14(22)20(2)17-15(9)11-3-5-12-10(8-11)4-6-13-16-18-19-21(12)13/h3-6,8-9H,7H2,1-2H3. The van der Waals surface area contributed by atoms with Crippen molar-refractivity contribution in [2.45, 2.75) is 13.3 Å². The first-order valence-corrected chi connectivity index (χ1v) is 7.10. The summed E-state index contributed by atoms with van der Waals surface area (Å²) in [5.41, 5.74) is 3.61. The van der Waals surface area contributed by atoms with E-state index < -0.39 is 0 Å². The van der Waals surface area contributed by atoms with Crippen molar-refractivity contribution >= 4 is 28.2 Å². The van der Waals surface area contributed by atoms with Gasteiger partial charge in [-0.25, -0.2) is 5.01 Å². The Morgan fingerprint density at radius 1 is 1.23 bits per heavy atom. The van der Waals surface area contributed by atoms with E-state index in [1.165, 1.54) is 5.01 Å². The Labute approximate surface area is 126 Å². The highest BCUT2D eigenvalue weighted by molar-refractivity contribution is 6.07. The molecule has 7 heteroatoms. The van der Waals surface area contributed by atoms with Gasteiger partial charge < -0.3 is 0 Å². The SMILES string of the molecule is CC1CC(=O)N(C)N=C1c1ccc2c(ccc3nnnn32)c1. The van der Waals surface area contributed by atoms with E-state index in [4.69, 9.17) is 0 Å². The highest BCUT2D eigenvalue weighted by atomic mass is 16.2. The summed E-state index contributed by atoms with van der Waals surface area (Å²) in [4.78, 5) is 11.7. The number of tetrazole rings is 1. The van der Waals surface area contributed by atoms with Crippen LogP contribution in [0.5, 0.6) is 0 Å². The molecule has 0 saturated carbocycles. The van der Waals surface area contributed by atoms with Gasteiger partial charge in [0.05, 0.1) is 11.2 Å². The Hall–Kier alpha value is -2.83. The molecule has 22 heavy (non-hydrogen) atoms. The monoisotopic (exact) mass is 294 g/mol. The van der Waals surface area contributed by atoms with E-state index in [1.807, 2.05) is 31.2 Å². The number of aromatic nitrogens is 4. The minimum Gasteiger partial charge on any atom is -0.273 e. The maximum absolute atomic E-state index is 11.7. The fourth-order valence-electron chi connectivity index (χ4n) is 2.82. The number of nitrogens with zero attached hydrogens (tertiary/aromatic N) is 6. The smallest absolute Gasteiger partial charge is 0.243 e. The Morgan fingerprint density at radius 2 is 2.09 bits per heavy atom. The lowest BCUT2D eigenvalue weighted by Gasteiger charge is -2.25. The second kappa shape index (κ2) is 4.59. The number of rotatable bonds is 1. The number of amides is 1. The number of carbonyl (C=O) groups is 1. The molecule has 7 nitrogen and oxygen atoms in total. The molecule has 0 bridgehead atoms. The molecule has 0 N–H and O–H groups in total. The number of benzene rings is 1. The number of hydrogen-bond donors (Lipinski definition) is 0. The van der Waals surface area contributed by atoms with E-state index in [2.05, 4.69) is 26.7 Å². The molecule has 1 unspecified atom stereocenters. The van der Waals surface area contributed by atoms with Crippen LogP contribution in [0.15, 0.2) is 35.4 Å². The largest absolute Gasteiger partial charge is 0.273 e. The van der Waals surface area contributed by atoms with Crippen molar-refractivity contribution in [3.05, 3.63) is 35.9 Å². The highest BCUT2D eigenvalue weighted by Crippen LogP contribution is 2.23. The van der Waals surface area contributed by atoms with E-state index in [-0.39, 0.29) is 11.8 Å². The van der Waals surface area contributed by atoms with Crippen LogP contribution in [-0.4, -0.2) is 43.7 Å². The molecule has 1 aliphatic rings. The predicted molar refractivity (Wildman–Crippen MR) is 81.4 cm³/mol. The van der Waals surface area contributed by atoms with Gasteiger partial charge in [-0.15, -0.1) is 5.10 Å². The third-order valence-corrected chi connectivity index (χ3v) is 4.02. The summed E-state index contributed by atoms with van der Waals surface area (Å²) in [6.07, 6.45) is 0.486. The normalized spacial score (nSPS) is 19.0. The first-order valence-electron chi connectivity index (χ1n) is 7.10. The van der Waals surface area contributed by atoms with Gasteiger partial charge in [0.15, 0.2) is 5.65 Å². The molecule has 3 heterocycles. The lowest BCUT2D eigenvalue weighted by molar-refractivity contribution is -0.131. The zero-order valence-electron chi connectivity index (χ0n) is 12.3. The van der Waals surface area contributed by atoms with Gasteiger partial charge in [-0.3, -0.25) is 4.79 Å². The topological polar surface area (TPSA) is 75.8 Å². The first kappa shape index (κ1) is 12.9. The number of pyridine rings is 1. The second-order valence-electron chi connectivity index (χ2n) is 5.56. The van der Waals surface area contributed by atoms with Crippen LogP contribution in [0.4, 0.5) is 0 Å². The van der Waals surface area contributed by atoms with Gasteiger partial charge in [-0.05, 0) is 40.3 Å². The zero-order chi connectivity index (χ0) is 15.3. The molecule has 1 amide bonds. The second-order valence-corrected chi connectivity index (χ2v) is 5.56. The van der Waals surface area contributed by atoms with E-state index in [0.717, 1.165) is 22.2 Å². The van der Waals surface area contributed by atoms with E-state index >= 15 is 0 Å². The number of fused-ring (bicyclic) bond motifs is 3. The van der Waals surface area contributed by atoms with Crippen molar-refractivity contribution in [3.63, 3.8) is 0 Å². The van der Waals surface area contributed by atoms with E-state index in [0.29, 0.717) is 12.1 Å². The van der Waals surface area contributed by atoms with Crippen LogP contribution < -0.4 is 0 Å². The van der Waals surface area contributed by atoms with Gasteiger partial charge in [-0.2, -0.15) is 9.62 Å². The first-order chi connectivity index (χ1) is 10.6. The van der Waals surface area contributed by atoms with Gasteiger partial charge in [-0.1, -0.05) is 13.0 Å². The van der Waals surface area contributed by atoms with Crippen LogP contribution in [0.25, 0.3) is 16.6 Å². The predicted octanol–water partition coefficient (Wildman–Crippen LogP) is 1.48. The van der Waals surface area contributed by atoms with Crippen molar-refractivity contribution in [2.75, 3.05) is 7.05 Å². The molecule has 0 radical (unpaired) electrons. The minimum atomic E-state index is 0.0486. The fraction of sp³-hybridized carbons (Fsp3) is 0.267. The maximum Gasteiger partial charge on any atom is 0.243 e. The molecule has 0 fully saturated rings. The molecule has 1 atom stereocenters. The van der Waals surface area contributed by atoms with Crippen molar-refractivity contribution < 1.29 is 4.79 Å². The fourth-order valence-corrected chi connectivity index (χ4v) is 2.82. The van der Waals surface area contributed by atoms with E-state index in [1.54, 1.807) is 11.6 Å². The number of carbonyl (C=O) groups excluding carboxylic acids is 1. The molecular weight excluding hydrogens is 280 g/mol. The Balaban J connectivity index is 1.87. The van der Waals surface area contributed by atoms with Gasteiger partial charge in [0, 0.05) is 24.8 Å². The Morgan fingerprint density at radius 3 is 2.95 bits per heavy atom. The quantitative estimate of drug-likeness (QED) is 0.681. The van der Waals surface area contributed by atoms with Gasteiger partial charge in [0.25, 0.3) is 0 Å². The van der Waals surface area contributed by atoms with E-state index in [9.17, 15) is 4.79 Å². The number of hydrogen-bond acceptors (Lipinski definition) is 5. The summed E-state index contributed by atoms with van der Waals surface area (Å²) in [5, 5.41) is 18.5. The Bertz CT molecular complexity index is 928.